The third-order valence-electron chi connectivity index (χ3n) is 7.05. The fourth-order valence-electron chi connectivity index (χ4n) is 5.69. The van der Waals surface area contributed by atoms with Crippen molar-refractivity contribution in [2.75, 3.05) is 6.61 Å². The number of benzene rings is 1. The SMILES string of the molecule is CC1(C)O[C@@H]2O[C@@H](COC3C4=C(OC3(C)C)c3ccccc3C(=O)C4=O)[C@H]3OC(C)(C)O[C@H]3[C@@H]2O1. The summed E-state index contributed by atoms with van der Waals surface area (Å²) in [6.45, 7) is 11.1. The van der Waals surface area contributed by atoms with Gasteiger partial charge in [-0.05, 0) is 41.5 Å². The van der Waals surface area contributed by atoms with E-state index in [1.165, 1.54) is 0 Å². The highest BCUT2D eigenvalue weighted by Gasteiger charge is 2.61. The maximum Gasteiger partial charge on any atom is 0.236 e. The first-order valence-electron chi connectivity index (χ1n) is 12.0. The van der Waals surface area contributed by atoms with Crippen LogP contribution >= 0.6 is 0 Å². The lowest BCUT2D eigenvalue weighted by atomic mass is 9.84. The van der Waals surface area contributed by atoms with Crippen molar-refractivity contribution in [2.45, 2.75) is 95.5 Å². The number of hydrogen-bond acceptors (Lipinski definition) is 9. The van der Waals surface area contributed by atoms with Crippen molar-refractivity contribution < 1.29 is 42.7 Å². The largest absolute Gasteiger partial charge is 0.484 e. The van der Waals surface area contributed by atoms with E-state index in [4.69, 9.17) is 33.2 Å². The minimum absolute atomic E-state index is 0.0744. The predicted molar refractivity (Wildman–Crippen MR) is 120 cm³/mol. The average Bonchev–Trinajstić information content (AvgIpc) is 3.36. The number of rotatable bonds is 3. The van der Waals surface area contributed by atoms with E-state index >= 15 is 0 Å². The summed E-state index contributed by atoms with van der Waals surface area (Å²) >= 11 is 0. The van der Waals surface area contributed by atoms with Crippen LogP contribution in [-0.2, 0) is 38.0 Å². The van der Waals surface area contributed by atoms with Crippen LogP contribution in [0, 0.1) is 0 Å². The molecular formula is C26H30O9. The van der Waals surface area contributed by atoms with Crippen LogP contribution in [0.3, 0.4) is 0 Å². The molecule has 35 heavy (non-hydrogen) atoms. The van der Waals surface area contributed by atoms with Crippen LogP contribution in [0.5, 0.6) is 0 Å². The van der Waals surface area contributed by atoms with Crippen molar-refractivity contribution in [1.29, 1.82) is 0 Å². The van der Waals surface area contributed by atoms with Gasteiger partial charge in [-0.25, -0.2) is 0 Å². The Balaban J connectivity index is 1.28. The molecule has 188 valence electrons. The van der Waals surface area contributed by atoms with E-state index in [-0.39, 0.29) is 12.2 Å². The molecule has 4 aliphatic heterocycles. The van der Waals surface area contributed by atoms with Gasteiger partial charge >= 0.3 is 0 Å². The highest BCUT2D eigenvalue weighted by atomic mass is 16.9. The maximum atomic E-state index is 13.1. The second kappa shape index (κ2) is 7.44. The Labute approximate surface area is 203 Å². The third kappa shape index (κ3) is 3.60. The van der Waals surface area contributed by atoms with Crippen LogP contribution < -0.4 is 0 Å². The molecule has 9 heteroatoms. The van der Waals surface area contributed by atoms with E-state index < -0.39 is 65.6 Å². The number of hydrogen-bond donors (Lipinski definition) is 0. The minimum Gasteiger partial charge on any atom is -0.484 e. The molecule has 0 amide bonds. The first-order chi connectivity index (χ1) is 16.4. The van der Waals surface area contributed by atoms with Crippen LogP contribution in [0.4, 0.5) is 0 Å². The normalized spacial score (nSPS) is 38.0. The zero-order chi connectivity index (χ0) is 24.9. The second-order valence-electron chi connectivity index (χ2n) is 11.1. The summed E-state index contributed by atoms with van der Waals surface area (Å²) < 4.78 is 43.1. The molecule has 1 unspecified atom stereocenters. The fourth-order valence-corrected chi connectivity index (χ4v) is 5.69. The molecule has 9 nitrogen and oxygen atoms in total. The number of fused-ring (bicyclic) bond motifs is 5. The summed E-state index contributed by atoms with van der Waals surface area (Å²) in [4.78, 5) is 26.0. The lowest BCUT2D eigenvalue weighted by molar-refractivity contribution is -0.247. The van der Waals surface area contributed by atoms with E-state index in [1.54, 1.807) is 18.2 Å². The van der Waals surface area contributed by atoms with Crippen LogP contribution in [0.1, 0.15) is 57.5 Å². The first kappa shape index (κ1) is 23.3. The standard InChI is InChI=1S/C26H30O9/c1-24(2)22(15-17(28)16(27)12-9-7-8-10-13(12)18(15)31-24)29-11-14-19-20(33-25(3,4)32-19)21-23(30-14)35-26(5,6)34-21/h7-10,14,19-23H,11H2,1-6H3/t14-,19+,20+,21-,22?,23-/m0/s1. The van der Waals surface area contributed by atoms with Gasteiger partial charge in [0.15, 0.2) is 17.9 Å². The monoisotopic (exact) mass is 486 g/mol. The van der Waals surface area contributed by atoms with Crippen molar-refractivity contribution in [1.82, 2.24) is 0 Å². The molecule has 0 radical (unpaired) electrons. The Hall–Kier alpha value is -2.14. The number of ether oxygens (including phenoxy) is 7. The molecule has 0 aromatic heterocycles. The highest BCUT2D eigenvalue weighted by molar-refractivity contribution is 6.52. The van der Waals surface area contributed by atoms with E-state index in [2.05, 4.69) is 0 Å². The maximum absolute atomic E-state index is 13.1. The molecule has 4 heterocycles. The molecule has 6 atom stereocenters. The van der Waals surface area contributed by atoms with E-state index in [0.717, 1.165) is 0 Å². The molecule has 1 aliphatic carbocycles. The molecule has 0 spiro atoms. The van der Waals surface area contributed by atoms with Gasteiger partial charge in [0.05, 0.1) is 12.2 Å². The van der Waals surface area contributed by atoms with Crippen LogP contribution in [-0.4, -0.2) is 72.2 Å². The summed E-state index contributed by atoms with van der Waals surface area (Å²) in [5.41, 5.74) is 0.318. The molecule has 0 saturated carbocycles. The van der Waals surface area contributed by atoms with Gasteiger partial charge in [-0.1, -0.05) is 24.3 Å². The molecule has 1 aromatic rings. The van der Waals surface area contributed by atoms with Crippen molar-refractivity contribution in [3.8, 4) is 0 Å². The summed E-state index contributed by atoms with van der Waals surface area (Å²) in [6, 6.07) is 6.97. The molecule has 6 rings (SSSR count). The minimum atomic E-state index is -0.879. The van der Waals surface area contributed by atoms with Gasteiger partial charge in [-0.2, -0.15) is 0 Å². The average molecular weight is 487 g/mol. The number of Topliss-reactive ketones (excluding diaryl/α,β-unsaturated/α-hetero) is 2. The zero-order valence-electron chi connectivity index (χ0n) is 20.7. The van der Waals surface area contributed by atoms with E-state index in [0.29, 0.717) is 16.9 Å². The Morgan fingerprint density at radius 1 is 0.800 bits per heavy atom. The Kier molecular flexibility index (Phi) is 4.95. The first-order valence-corrected chi connectivity index (χ1v) is 12.0. The van der Waals surface area contributed by atoms with Gasteiger partial charge in [-0.15, -0.1) is 0 Å². The lowest BCUT2D eigenvalue weighted by Gasteiger charge is -2.38. The van der Waals surface area contributed by atoms with Gasteiger partial charge in [0, 0.05) is 11.1 Å². The van der Waals surface area contributed by atoms with E-state index in [1.807, 2.05) is 47.6 Å². The molecule has 0 N–H and O–H groups in total. The molecular weight excluding hydrogens is 456 g/mol. The Bertz CT molecular complexity index is 1130. The number of carbonyl (C=O) groups is 2. The van der Waals surface area contributed by atoms with Crippen LogP contribution in [0.25, 0.3) is 5.76 Å². The van der Waals surface area contributed by atoms with Crippen molar-refractivity contribution in [2.24, 2.45) is 0 Å². The van der Waals surface area contributed by atoms with Gasteiger partial charge in [0.25, 0.3) is 0 Å². The van der Waals surface area contributed by atoms with Crippen LogP contribution in [0.15, 0.2) is 29.8 Å². The summed E-state index contributed by atoms with van der Waals surface area (Å²) in [6.07, 6.45) is -3.29. The second-order valence-corrected chi connectivity index (χ2v) is 11.1. The summed E-state index contributed by atoms with van der Waals surface area (Å²) in [5, 5.41) is 0. The van der Waals surface area contributed by atoms with E-state index in [9.17, 15) is 9.59 Å². The van der Waals surface area contributed by atoms with Crippen molar-refractivity contribution >= 4 is 17.3 Å². The topological polar surface area (TPSA) is 98.8 Å². The van der Waals surface area contributed by atoms with Gasteiger partial charge in [-0.3, -0.25) is 9.59 Å². The molecule has 3 saturated heterocycles. The molecule has 5 aliphatic rings. The smallest absolute Gasteiger partial charge is 0.236 e. The molecule has 0 bridgehead atoms. The fraction of sp³-hybridized carbons (Fsp3) is 0.615. The molecule has 3 fully saturated rings. The summed E-state index contributed by atoms with van der Waals surface area (Å²) in [5.74, 6) is -2.41. The number of carbonyl (C=O) groups excluding carboxylic acids is 2. The summed E-state index contributed by atoms with van der Waals surface area (Å²) in [7, 11) is 0. The highest BCUT2D eigenvalue weighted by Crippen LogP contribution is 2.47. The van der Waals surface area contributed by atoms with Gasteiger partial charge < -0.3 is 33.2 Å². The third-order valence-corrected chi connectivity index (χ3v) is 7.05. The van der Waals surface area contributed by atoms with Crippen molar-refractivity contribution in [3.05, 3.63) is 41.0 Å². The number of ketones is 2. The zero-order valence-corrected chi connectivity index (χ0v) is 20.7. The van der Waals surface area contributed by atoms with Crippen LogP contribution in [0.2, 0.25) is 0 Å². The molecule has 1 aromatic carbocycles. The lowest BCUT2D eigenvalue weighted by Crippen LogP contribution is -2.57. The Morgan fingerprint density at radius 2 is 1.43 bits per heavy atom. The quantitative estimate of drug-likeness (QED) is 0.597. The van der Waals surface area contributed by atoms with Gasteiger partial charge in [0.2, 0.25) is 11.6 Å². The van der Waals surface area contributed by atoms with Crippen molar-refractivity contribution in [3.63, 3.8) is 0 Å². The predicted octanol–water partition coefficient (Wildman–Crippen LogP) is 2.75. The Morgan fingerprint density at radius 3 is 2.17 bits per heavy atom. The van der Waals surface area contributed by atoms with Gasteiger partial charge in [0.1, 0.15) is 41.9 Å².